The first-order valence-electron chi connectivity index (χ1n) is 8.97. The van der Waals surface area contributed by atoms with Crippen molar-refractivity contribution in [3.05, 3.63) is 54.0 Å². The molecule has 0 fully saturated rings. The number of halogens is 2. The van der Waals surface area contributed by atoms with Crippen molar-refractivity contribution < 1.29 is 13.9 Å². The van der Waals surface area contributed by atoms with Crippen LogP contribution in [0, 0.1) is 5.82 Å². The van der Waals surface area contributed by atoms with Crippen LogP contribution in [0.25, 0.3) is 0 Å². The molecule has 1 aliphatic heterocycles. The van der Waals surface area contributed by atoms with Crippen LogP contribution in [0.15, 0.2) is 47.6 Å². The Morgan fingerprint density at radius 1 is 1.32 bits per heavy atom. The predicted octanol–water partition coefficient (Wildman–Crippen LogP) is 3.68. The molecule has 3 rings (SSSR count). The van der Waals surface area contributed by atoms with Gasteiger partial charge in [-0.3, -0.25) is 4.99 Å². The molecule has 0 aliphatic carbocycles. The number of hydrogen-bond acceptors (Lipinski definition) is 4. The molecule has 0 radical (unpaired) electrons. The van der Waals surface area contributed by atoms with E-state index in [1.165, 1.54) is 18.3 Å². The lowest BCUT2D eigenvalue weighted by Gasteiger charge is -2.38. The van der Waals surface area contributed by atoms with Crippen molar-refractivity contribution in [1.82, 2.24) is 15.6 Å². The number of fused-ring (bicyclic) bond motifs is 1. The van der Waals surface area contributed by atoms with Gasteiger partial charge in [-0.05, 0) is 32.0 Å². The smallest absolute Gasteiger partial charge is 0.250 e. The van der Waals surface area contributed by atoms with Crippen LogP contribution in [-0.4, -0.2) is 36.7 Å². The number of benzene rings is 1. The molecule has 8 heteroatoms. The van der Waals surface area contributed by atoms with E-state index in [1.54, 1.807) is 7.05 Å². The molecule has 0 spiro atoms. The van der Waals surface area contributed by atoms with Crippen LogP contribution >= 0.6 is 24.0 Å². The fourth-order valence-electron chi connectivity index (χ4n) is 3.09. The van der Waals surface area contributed by atoms with Gasteiger partial charge in [-0.1, -0.05) is 18.2 Å². The molecule has 1 aromatic heterocycles. The van der Waals surface area contributed by atoms with E-state index in [0.717, 1.165) is 17.7 Å². The summed E-state index contributed by atoms with van der Waals surface area (Å²) < 4.78 is 24.9. The molecule has 28 heavy (non-hydrogen) atoms. The number of para-hydroxylation sites is 1. The van der Waals surface area contributed by atoms with E-state index in [4.69, 9.17) is 9.47 Å². The first-order chi connectivity index (χ1) is 13.0. The molecule has 2 aromatic rings. The van der Waals surface area contributed by atoms with Gasteiger partial charge < -0.3 is 20.1 Å². The van der Waals surface area contributed by atoms with Gasteiger partial charge >= 0.3 is 0 Å². The van der Waals surface area contributed by atoms with Crippen molar-refractivity contribution in [2.45, 2.75) is 31.9 Å². The highest BCUT2D eigenvalue weighted by atomic mass is 127. The summed E-state index contributed by atoms with van der Waals surface area (Å²) in [5.74, 6) is 1.07. The van der Waals surface area contributed by atoms with E-state index in [-0.39, 0.29) is 48.1 Å². The molecule has 0 amide bonds. The Kier molecular flexibility index (Phi) is 7.85. The number of aliphatic imine (C=N–C) groups is 1. The fraction of sp³-hybridized carbons (Fsp3) is 0.400. The summed E-state index contributed by atoms with van der Waals surface area (Å²) in [6, 6.07) is 10.9. The molecule has 152 valence electrons. The van der Waals surface area contributed by atoms with Crippen LogP contribution in [0.5, 0.6) is 11.6 Å². The number of hydrogen-bond donors (Lipinski definition) is 2. The highest BCUT2D eigenvalue weighted by molar-refractivity contribution is 14.0. The third-order valence-electron chi connectivity index (χ3n) is 4.27. The van der Waals surface area contributed by atoms with E-state index < -0.39 is 5.82 Å². The lowest BCUT2D eigenvalue weighted by Crippen LogP contribution is -2.46. The number of rotatable bonds is 5. The first-order valence-corrected chi connectivity index (χ1v) is 8.97. The summed E-state index contributed by atoms with van der Waals surface area (Å²) in [5, 5.41) is 6.63. The summed E-state index contributed by atoms with van der Waals surface area (Å²) in [7, 11) is 1.71. The topological polar surface area (TPSA) is 67.8 Å². The summed E-state index contributed by atoms with van der Waals surface area (Å²) in [5.41, 5.74) is 0.830. The van der Waals surface area contributed by atoms with E-state index in [1.807, 2.05) is 18.2 Å². The van der Waals surface area contributed by atoms with Crippen LogP contribution in [0.1, 0.15) is 31.9 Å². The molecule has 1 aliphatic rings. The number of nitrogens with one attached hydrogen (secondary N) is 2. The van der Waals surface area contributed by atoms with Gasteiger partial charge in [-0.2, -0.15) is 0 Å². The molecule has 0 saturated heterocycles. The van der Waals surface area contributed by atoms with Crippen LogP contribution in [0.2, 0.25) is 0 Å². The predicted molar refractivity (Wildman–Crippen MR) is 118 cm³/mol. The van der Waals surface area contributed by atoms with Crippen molar-refractivity contribution >= 4 is 29.9 Å². The Morgan fingerprint density at radius 3 is 2.86 bits per heavy atom. The number of pyridine rings is 1. The number of ether oxygens (including phenoxy) is 2. The Bertz CT molecular complexity index is 816. The second-order valence-corrected chi connectivity index (χ2v) is 6.94. The summed E-state index contributed by atoms with van der Waals surface area (Å²) in [4.78, 5) is 8.14. The second-order valence-electron chi connectivity index (χ2n) is 6.94. The van der Waals surface area contributed by atoms with Crippen LogP contribution in [0.4, 0.5) is 4.39 Å². The minimum Gasteiger partial charge on any atom is -0.487 e. The van der Waals surface area contributed by atoms with E-state index in [9.17, 15) is 4.39 Å². The zero-order valence-electron chi connectivity index (χ0n) is 16.2. The monoisotopic (exact) mass is 500 g/mol. The van der Waals surface area contributed by atoms with Crippen LogP contribution < -0.4 is 20.1 Å². The summed E-state index contributed by atoms with van der Waals surface area (Å²) >= 11 is 0. The van der Waals surface area contributed by atoms with Gasteiger partial charge in [-0.15, -0.1) is 24.0 Å². The molecular formula is C20H26FIN4O2. The first kappa shape index (κ1) is 22.2. The Hall–Kier alpha value is -2.10. The van der Waals surface area contributed by atoms with Gasteiger partial charge in [0.1, 0.15) is 18.0 Å². The average Bonchev–Trinajstić information content (AvgIpc) is 2.64. The van der Waals surface area contributed by atoms with Gasteiger partial charge in [0, 0.05) is 25.2 Å². The maximum Gasteiger partial charge on any atom is 0.250 e. The van der Waals surface area contributed by atoms with Crippen molar-refractivity contribution in [1.29, 1.82) is 0 Å². The third kappa shape index (κ3) is 5.70. The normalized spacial score (nSPS) is 17.6. The van der Waals surface area contributed by atoms with Gasteiger partial charge in [0.2, 0.25) is 5.88 Å². The lowest BCUT2D eigenvalue weighted by atomic mass is 9.90. The quantitative estimate of drug-likeness (QED) is 0.284. The minimum atomic E-state index is -0.471. The Balaban J connectivity index is 0.00000280. The number of guanidine groups is 1. The zero-order chi connectivity index (χ0) is 19.3. The molecule has 1 atom stereocenters. The van der Waals surface area contributed by atoms with Crippen LogP contribution in [-0.2, 0) is 0 Å². The molecule has 0 bridgehead atoms. The highest BCUT2D eigenvalue weighted by Crippen LogP contribution is 2.39. The minimum absolute atomic E-state index is 0. The standard InChI is InChI=1S/C20H25FN4O2.HI/c1-20(2)13-16(14-7-4-5-9-17(14)27-20)25-19(22-3)24-11-12-26-18-15(21)8-6-10-23-18;/h4-10,16H,11-13H2,1-3H3,(H2,22,24,25);1H. The van der Waals surface area contributed by atoms with E-state index in [2.05, 4.69) is 40.5 Å². The maximum absolute atomic E-state index is 13.5. The maximum atomic E-state index is 13.5. The van der Waals surface area contributed by atoms with Crippen molar-refractivity contribution in [3.8, 4) is 11.6 Å². The molecule has 1 unspecified atom stereocenters. The number of aromatic nitrogens is 1. The molecule has 2 heterocycles. The largest absolute Gasteiger partial charge is 0.487 e. The van der Waals surface area contributed by atoms with E-state index >= 15 is 0 Å². The van der Waals surface area contributed by atoms with E-state index in [0.29, 0.717) is 12.5 Å². The zero-order valence-corrected chi connectivity index (χ0v) is 18.6. The fourth-order valence-corrected chi connectivity index (χ4v) is 3.09. The highest BCUT2D eigenvalue weighted by Gasteiger charge is 2.33. The molecular weight excluding hydrogens is 474 g/mol. The van der Waals surface area contributed by atoms with Gasteiger partial charge in [0.05, 0.1) is 12.6 Å². The van der Waals surface area contributed by atoms with Crippen molar-refractivity contribution in [3.63, 3.8) is 0 Å². The molecule has 1 aromatic carbocycles. The van der Waals surface area contributed by atoms with Crippen molar-refractivity contribution in [2.24, 2.45) is 4.99 Å². The third-order valence-corrected chi connectivity index (χ3v) is 4.27. The molecule has 6 nitrogen and oxygen atoms in total. The number of nitrogens with zero attached hydrogens (tertiary/aromatic N) is 2. The molecule has 0 saturated carbocycles. The second kappa shape index (κ2) is 9.90. The summed E-state index contributed by atoms with van der Waals surface area (Å²) in [6.07, 6.45) is 2.30. The van der Waals surface area contributed by atoms with Gasteiger partial charge in [0.25, 0.3) is 0 Å². The average molecular weight is 500 g/mol. The Labute approximate surface area is 182 Å². The van der Waals surface area contributed by atoms with Crippen LogP contribution in [0.3, 0.4) is 0 Å². The van der Waals surface area contributed by atoms with Gasteiger partial charge in [-0.25, -0.2) is 9.37 Å². The lowest BCUT2D eigenvalue weighted by molar-refractivity contribution is 0.0694. The Morgan fingerprint density at radius 2 is 2.11 bits per heavy atom. The van der Waals surface area contributed by atoms with Gasteiger partial charge in [0.15, 0.2) is 11.8 Å². The van der Waals surface area contributed by atoms with Crippen molar-refractivity contribution in [2.75, 3.05) is 20.2 Å². The summed E-state index contributed by atoms with van der Waals surface area (Å²) in [6.45, 7) is 4.88. The molecule has 2 N–H and O–H groups in total. The SMILES string of the molecule is CN=C(NCCOc1ncccc1F)NC1CC(C)(C)Oc2ccccc21.I.